The lowest BCUT2D eigenvalue weighted by molar-refractivity contribution is -0.125. The Kier molecular flexibility index (Phi) is 8.19. The van der Waals surface area contributed by atoms with Gasteiger partial charge in [-0.2, -0.15) is 0 Å². The Bertz CT molecular complexity index is 1090. The average molecular weight is 515 g/mol. The maximum Gasteiger partial charge on any atom is 0.410 e. The highest BCUT2D eigenvalue weighted by atomic mass is 19.1. The van der Waals surface area contributed by atoms with Crippen molar-refractivity contribution in [3.63, 3.8) is 0 Å². The highest BCUT2D eigenvalue weighted by molar-refractivity contribution is 5.86. The van der Waals surface area contributed by atoms with Gasteiger partial charge >= 0.3 is 6.09 Å². The predicted octanol–water partition coefficient (Wildman–Crippen LogP) is 5.71. The summed E-state index contributed by atoms with van der Waals surface area (Å²) in [5.74, 6) is -1.36. The number of rotatable bonds is 6. The molecular weight excluding hydrogens is 478 g/mol. The van der Waals surface area contributed by atoms with Crippen LogP contribution < -0.4 is 15.5 Å². The van der Waals surface area contributed by atoms with Crippen molar-refractivity contribution in [2.24, 2.45) is 0 Å². The Hall–Kier alpha value is -3.36. The molecule has 200 valence electrons. The van der Waals surface area contributed by atoms with Gasteiger partial charge < -0.3 is 20.3 Å². The first kappa shape index (κ1) is 26.7. The number of piperidine rings is 1. The molecule has 2 aliphatic rings. The maximum absolute atomic E-state index is 14.7. The van der Waals surface area contributed by atoms with Gasteiger partial charge in [-0.15, -0.1) is 0 Å². The van der Waals surface area contributed by atoms with Crippen molar-refractivity contribution in [2.45, 2.75) is 71.1 Å². The molecule has 37 heavy (non-hydrogen) atoms. The zero-order valence-electron chi connectivity index (χ0n) is 21.8. The van der Waals surface area contributed by atoms with Crippen LogP contribution in [0.25, 0.3) is 0 Å². The number of anilines is 3. The Morgan fingerprint density at radius 1 is 0.946 bits per heavy atom. The van der Waals surface area contributed by atoms with Gasteiger partial charge in [-0.25, -0.2) is 13.6 Å². The summed E-state index contributed by atoms with van der Waals surface area (Å²) in [5, 5.41) is 5.94. The molecular formula is C28H36F2N4O3. The van der Waals surface area contributed by atoms with E-state index in [1.807, 2.05) is 12.1 Å². The van der Waals surface area contributed by atoms with Crippen molar-refractivity contribution in [3.05, 3.63) is 53.6 Å². The lowest BCUT2D eigenvalue weighted by atomic mass is 10.1. The molecule has 4 rings (SSSR count). The summed E-state index contributed by atoms with van der Waals surface area (Å²) in [4.78, 5) is 28.5. The number of hydrogen-bond acceptors (Lipinski definition) is 5. The number of carbonyl (C=O) groups excluding carboxylic acids is 2. The van der Waals surface area contributed by atoms with E-state index in [1.54, 1.807) is 37.8 Å². The number of benzene rings is 2. The molecule has 2 fully saturated rings. The van der Waals surface area contributed by atoms with Crippen LogP contribution in [0, 0.1) is 11.6 Å². The topological polar surface area (TPSA) is 73.9 Å². The van der Waals surface area contributed by atoms with Gasteiger partial charge in [0.2, 0.25) is 5.91 Å². The summed E-state index contributed by atoms with van der Waals surface area (Å²) in [7, 11) is 0. The summed E-state index contributed by atoms with van der Waals surface area (Å²) >= 11 is 0. The molecule has 2 aromatic carbocycles. The minimum absolute atomic E-state index is 0.0452. The maximum atomic E-state index is 14.7. The Morgan fingerprint density at radius 2 is 1.59 bits per heavy atom. The Morgan fingerprint density at radius 3 is 2.22 bits per heavy atom. The molecule has 2 amide bonds. The molecule has 0 saturated carbocycles. The quantitative estimate of drug-likeness (QED) is 0.516. The second-order valence-corrected chi connectivity index (χ2v) is 10.7. The number of amides is 2. The smallest absolute Gasteiger partial charge is 0.410 e. The molecule has 1 atom stereocenters. The number of hydrogen-bond donors (Lipinski definition) is 2. The van der Waals surface area contributed by atoms with Gasteiger partial charge in [-0.05, 0) is 82.7 Å². The first-order chi connectivity index (χ1) is 17.6. The predicted molar refractivity (Wildman–Crippen MR) is 140 cm³/mol. The van der Waals surface area contributed by atoms with E-state index in [2.05, 4.69) is 10.6 Å². The van der Waals surface area contributed by atoms with Crippen LogP contribution in [-0.2, 0) is 16.1 Å². The molecule has 0 aromatic heterocycles. The van der Waals surface area contributed by atoms with Gasteiger partial charge in [0.15, 0.2) is 11.6 Å². The number of likely N-dealkylation sites (tertiary alicyclic amines) is 1. The molecule has 0 radical (unpaired) electrons. The van der Waals surface area contributed by atoms with Gasteiger partial charge in [0.05, 0.1) is 0 Å². The number of ether oxygens (including phenoxy) is 1. The first-order valence-electron chi connectivity index (χ1n) is 13.0. The Labute approximate surface area is 217 Å². The van der Waals surface area contributed by atoms with E-state index in [0.717, 1.165) is 31.2 Å². The van der Waals surface area contributed by atoms with Crippen LogP contribution in [-0.4, -0.2) is 48.2 Å². The SMILES string of the molecule is CC(C)(C)OC(=O)N1CCCC1C(=O)NCc1ccc(Nc2cc(F)c(N3CCCCC3)c(F)c2)cc1. The third-order valence-electron chi connectivity index (χ3n) is 6.58. The average Bonchev–Trinajstić information content (AvgIpc) is 3.33. The number of nitrogens with one attached hydrogen (secondary N) is 2. The lowest BCUT2D eigenvalue weighted by Gasteiger charge is -2.29. The molecule has 0 aliphatic carbocycles. The molecule has 1 unspecified atom stereocenters. The molecule has 2 heterocycles. The number of nitrogens with zero attached hydrogens (tertiary/aromatic N) is 2. The van der Waals surface area contributed by atoms with Crippen LogP contribution in [0.3, 0.4) is 0 Å². The fourth-order valence-electron chi connectivity index (χ4n) is 4.82. The minimum Gasteiger partial charge on any atom is -0.444 e. The molecule has 0 bridgehead atoms. The van der Waals surface area contributed by atoms with Crippen LogP contribution in [0.4, 0.5) is 30.6 Å². The van der Waals surface area contributed by atoms with Crippen LogP contribution in [0.1, 0.15) is 58.4 Å². The summed E-state index contributed by atoms with van der Waals surface area (Å²) < 4.78 is 34.9. The zero-order valence-corrected chi connectivity index (χ0v) is 21.8. The normalized spacial score (nSPS) is 18.0. The van der Waals surface area contributed by atoms with E-state index in [0.29, 0.717) is 44.0 Å². The van der Waals surface area contributed by atoms with Crippen molar-refractivity contribution in [1.82, 2.24) is 10.2 Å². The van der Waals surface area contributed by atoms with Crippen LogP contribution in [0.5, 0.6) is 0 Å². The lowest BCUT2D eigenvalue weighted by Crippen LogP contribution is -2.47. The van der Waals surface area contributed by atoms with Crippen molar-refractivity contribution in [3.8, 4) is 0 Å². The van der Waals surface area contributed by atoms with Crippen molar-refractivity contribution < 1.29 is 23.1 Å². The summed E-state index contributed by atoms with van der Waals surface area (Å²) in [6.45, 7) is 7.51. The van der Waals surface area contributed by atoms with E-state index in [4.69, 9.17) is 4.74 Å². The molecule has 7 nitrogen and oxygen atoms in total. The van der Waals surface area contributed by atoms with Crippen molar-refractivity contribution in [1.29, 1.82) is 0 Å². The number of carbonyl (C=O) groups is 2. The molecule has 2 aromatic rings. The van der Waals surface area contributed by atoms with Crippen molar-refractivity contribution >= 4 is 29.1 Å². The summed E-state index contributed by atoms with van der Waals surface area (Å²) in [5.41, 5.74) is 1.29. The third-order valence-corrected chi connectivity index (χ3v) is 6.58. The molecule has 0 spiro atoms. The van der Waals surface area contributed by atoms with E-state index in [-0.39, 0.29) is 11.6 Å². The number of halogens is 2. The highest BCUT2D eigenvalue weighted by Crippen LogP contribution is 2.30. The van der Waals surface area contributed by atoms with Crippen LogP contribution >= 0.6 is 0 Å². The fraction of sp³-hybridized carbons (Fsp3) is 0.500. The van der Waals surface area contributed by atoms with Gasteiger partial charge in [0.1, 0.15) is 17.3 Å². The van der Waals surface area contributed by atoms with Crippen LogP contribution in [0.2, 0.25) is 0 Å². The Balaban J connectivity index is 1.32. The molecule has 2 aliphatic heterocycles. The monoisotopic (exact) mass is 514 g/mol. The second-order valence-electron chi connectivity index (χ2n) is 10.7. The summed E-state index contributed by atoms with van der Waals surface area (Å²) in [6.07, 6.45) is 3.83. The standard InChI is InChI=1S/C28H36F2N4O3/c1-28(2,3)37-27(36)34-15-7-8-24(34)26(35)31-18-19-9-11-20(12-10-19)32-21-16-22(29)25(23(30)17-21)33-13-5-4-6-14-33/h9-12,16-17,24,32H,4-8,13-15,18H2,1-3H3,(H,31,35). The zero-order chi connectivity index (χ0) is 26.6. The van der Waals surface area contributed by atoms with E-state index >= 15 is 0 Å². The van der Waals surface area contributed by atoms with Crippen LogP contribution in [0.15, 0.2) is 36.4 Å². The van der Waals surface area contributed by atoms with Gasteiger partial charge in [0.25, 0.3) is 0 Å². The third kappa shape index (κ3) is 6.90. The van der Waals surface area contributed by atoms with E-state index < -0.39 is 29.4 Å². The van der Waals surface area contributed by atoms with Gasteiger partial charge in [-0.1, -0.05) is 12.1 Å². The summed E-state index contributed by atoms with van der Waals surface area (Å²) in [6, 6.07) is 9.33. The fourth-order valence-corrected chi connectivity index (χ4v) is 4.82. The minimum atomic E-state index is -0.622. The van der Waals surface area contributed by atoms with E-state index in [1.165, 1.54) is 17.0 Å². The highest BCUT2D eigenvalue weighted by Gasteiger charge is 2.36. The van der Waals surface area contributed by atoms with E-state index in [9.17, 15) is 18.4 Å². The second kappa shape index (κ2) is 11.4. The largest absolute Gasteiger partial charge is 0.444 e. The molecule has 2 N–H and O–H groups in total. The van der Waals surface area contributed by atoms with Gasteiger partial charge in [0, 0.05) is 37.6 Å². The van der Waals surface area contributed by atoms with Crippen molar-refractivity contribution in [2.75, 3.05) is 29.9 Å². The first-order valence-corrected chi connectivity index (χ1v) is 13.0. The van der Waals surface area contributed by atoms with Gasteiger partial charge in [-0.3, -0.25) is 9.69 Å². The molecule has 2 saturated heterocycles. The molecule has 9 heteroatoms.